The third kappa shape index (κ3) is 2.41. The number of pyridine rings is 1. The van der Waals surface area contributed by atoms with Gasteiger partial charge >= 0.3 is 0 Å². The van der Waals surface area contributed by atoms with Crippen LogP contribution in [0.25, 0.3) is 11.2 Å². The zero-order valence-corrected chi connectivity index (χ0v) is 12.1. The predicted octanol–water partition coefficient (Wildman–Crippen LogP) is 3.72. The van der Waals surface area contributed by atoms with Crippen molar-refractivity contribution in [3.05, 3.63) is 59.5 Å². The van der Waals surface area contributed by atoms with E-state index in [1.807, 2.05) is 18.3 Å². The molecule has 102 valence electrons. The number of aryl methyl sites for hydroxylation is 3. The first kappa shape index (κ1) is 13.1. The Hall–Kier alpha value is -1.87. The summed E-state index contributed by atoms with van der Waals surface area (Å²) in [5.74, 6) is 1.30. The molecular weight excluding hydrogens is 270 g/mol. The van der Waals surface area contributed by atoms with Crippen molar-refractivity contribution in [1.82, 2.24) is 14.5 Å². The Bertz CT molecular complexity index is 719. The summed E-state index contributed by atoms with van der Waals surface area (Å²) in [7, 11) is 0. The smallest absolute Gasteiger partial charge is 0.160 e. The molecule has 0 fully saturated rings. The first-order valence-corrected chi connectivity index (χ1v) is 7.23. The minimum atomic E-state index is 0.407. The second-order valence-corrected chi connectivity index (χ2v) is 5.12. The number of imidazole rings is 1. The van der Waals surface area contributed by atoms with Crippen LogP contribution in [0, 0.1) is 6.92 Å². The fraction of sp³-hybridized carbons (Fsp3) is 0.250. The summed E-state index contributed by atoms with van der Waals surface area (Å²) in [6.07, 6.45) is 2.78. The maximum Gasteiger partial charge on any atom is 0.160 e. The van der Waals surface area contributed by atoms with E-state index in [0.717, 1.165) is 35.5 Å². The molecule has 0 spiro atoms. The van der Waals surface area contributed by atoms with Gasteiger partial charge in [0.15, 0.2) is 5.65 Å². The molecule has 0 bridgehead atoms. The highest BCUT2D eigenvalue weighted by atomic mass is 35.5. The highest BCUT2D eigenvalue weighted by Gasteiger charge is 2.12. The molecule has 2 heterocycles. The van der Waals surface area contributed by atoms with Crippen LogP contribution in [0.3, 0.4) is 0 Å². The zero-order chi connectivity index (χ0) is 13.9. The van der Waals surface area contributed by atoms with Crippen molar-refractivity contribution < 1.29 is 0 Å². The van der Waals surface area contributed by atoms with Crippen molar-refractivity contribution in [1.29, 1.82) is 0 Å². The van der Waals surface area contributed by atoms with E-state index in [-0.39, 0.29) is 0 Å². The van der Waals surface area contributed by atoms with Crippen LogP contribution < -0.4 is 0 Å². The van der Waals surface area contributed by atoms with Crippen LogP contribution in [0.5, 0.6) is 0 Å². The van der Waals surface area contributed by atoms with Gasteiger partial charge in [0.05, 0.1) is 5.88 Å². The summed E-state index contributed by atoms with van der Waals surface area (Å²) in [5.41, 5.74) is 4.33. The van der Waals surface area contributed by atoms with Crippen LogP contribution >= 0.6 is 11.6 Å². The number of benzene rings is 1. The third-order valence-corrected chi connectivity index (χ3v) is 3.74. The van der Waals surface area contributed by atoms with E-state index in [2.05, 4.69) is 45.7 Å². The number of rotatable bonds is 4. The molecule has 0 unspecified atom stereocenters. The number of alkyl halides is 1. The molecule has 0 amide bonds. The van der Waals surface area contributed by atoms with Gasteiger partial charge in [-0.25, -0.2) is 9.97 Å². The van der Waals surface area contributed by atoms with Gasteiger partial charge < -0.3 is 4.57 Å². The molecule has 1 aromatic carbocycles. The molecule has 0 aliphatic carbocycles. The maximum absolute atomic E-state index is 6.03. The topological polar surface area (TPSA) is 30.7 Å². The molecule has 0 aliphatic rings. The minimum absolute atomic E-state index is 0.407. The summed E-state index contributed by atoms with van der Waals surface area (Å²) in [4.78, 5) is 9.08. The molecule has 0 saturated carbocycles. The lowest BCUT2D eigenvalue weighted by Crippen LogP contribution is -2.05. The SMILES string of the molecule is Cc1ccnc2c1nc(CCl)n2CCc1ccccc1. The van der Waals surface area contributed by atoms with E-state index in [9.17, 15) is 0 Å². The van der Waals surface area contributed by atoms with Gasteiger partial charge in [0.2, 0.25) is 0 Å². The molecule has 0 saturated heterocycles. The van der Waals surface area contributed by atoms with Crippen LogP contribution in [-0.2, 0) is 18.8 Å². The van der Waals surface area contributed by atoms with Gasteiger partial charge in [0.1, 0.15) is 11.3 Å². The van der Waals surface area contributed by atoms with Crippen molar-refractivity contribution >= 4 is 22.8 Å². The van der Waals surface area contributed by atoms with Crippen LogP contribution in [0.15, 0.2) is 42.6 Å². The number of hydrogen-bond acceptors (Lipinski definition) is 2. The van der Waals surface area contributed by atoms with Gasteiger partial charge in [-0.15, -0.1) is 11.6 Å². The molecular formula is C16H16ClN3. The molecule has 20 heavy (non-hydrogen) atoms. The predicted molar refractivity (Wildman–Crippen MR) is 82.0 cm³/mol. The molecule has 2 aromatic heterocycles. The monoisotopic (exact) mass is 285 g/mol. The Kier molecular flexibility index (Phi) is 3.70. The van der Waals surface area contributed by atoms with Crippen molar-refractivity contribution in [2.75, 3.05) is 0 Å². The van der Waals surface area contributed by atoms with Crippen molar-refractivity contribution in [3.63, 3.8) is 0 Å². The lowest BCUT2D eigenvalue weighted by molar-refractivity contribution is 0.682. The van der Waals surface area contributed by atoms with Crippen LogP contribution in [0.2, 0.25) is 0 Å². The van der Waals surface area contributed by atoms with E-state index in [1.165, 1.54) is 5.56 Å². The van der Waals surface area contributed by atoms with Crippen molar-refractivity contribution in [2.24, 2.45) is 0 Å². The van der Waals surface area contributed by atoms with Gasteiger partial charge in [0, 0.05) is 12.7 Å². The van der Waals surface area contributed by atoms with Crippen LogP contribution in [0.4, 0.5) is 0 Å². The Balaban J connectivity index is 1.96. The van der Waals surface area contributed by atoms with Crippen molar-refractivity contribution in [3.8, 4) is 0 Å². The fourth-order valence-electron chi connectivity index (χ4n) is 2.41. The Morgan fingerprint density at radius 2 is 1.95 bits per heavy atom. The Morgan fingerprint density at radius 1 is 1.15 bits per heavy atom. The average Bonchev–Trinajstić information content (AvgIpc) is 2.85. The number of fused-ring (bicyclic) bond motifs is 1. The van der Waals surface area contributed by atoms with Gasteiger partial charge in [-0.2, -0.15) is 0 Å². The largest absolute Gasteiger partial charge is 0.311 e. The zero-order valence-electron chi connectivity index (χ0n) is 11.4. The van der Waals surface area contributed by atoms with Crippen LogP contribution in [0.1, 0.15) is 17.0 Å². The molecule has 0 radical (unpaired) electrons. The van der Waals surface area contributed by atoms with Crippen molar-refractivity contribution in [2.45, 2.75) is 25.8 Å². The standard InChI is InChI=1S/C16H16ClN3/c1-12-7-9-18-16-15(12)19-14(11-17)20(16)10-8-13-5-3-2-4-6-13/h2-7,9H,8,10-11H2,1H3. The normalized spacial score (nSPS) is 11.1. The first-order valence-electron chi connectivity index (χ1n) is 6.70. The molecule has 0 atom stereocenters. The average molecular weight is 286 g/mol. The van der Waals surface area contributed by atoms with Gasteiger partial charge in [-0.1, -0.05) is 30.3 Å². The van der Waals surface area contributed by atoms with E-state index in [0.29, 0.717) is 5.88 Å². The second-order valence-electron chi connectivity index (χ2n) is 4.85. The molecule has 4 heteroatoms. The summed E-state index contributed by atoms with van der Waals surface area (Å²) in [5, 5.41) is 0. The third-order valence-electron chi connectivity index (χ3n) is 3.50. The summed E-state index contributed by atoms with van der Waals surface area (Å²) >= 11 is 6.03. The number of aromatic nitrogens is 3. The Labute approximate surface area is 123 Å². The maximum atomic E-state index is 6.03. The molecule has 0 aliphatic heterocycles. The molecule has 3 nitrogen and oxygen atoms in total. The first-order chi connectivity index (χ1) is 9.79. The summed E-state index contributed by atoms with van der Waals surface area (Å²) in [6, 6.07) is 12.4. The molecule has 3 rings (SSSR count). The summed E-state index contributed by atoms with van der Waals surface area (Å²) < 4.78 is 2.13. The highest BCUT2D eigenvalue weighted by Crippen LogP contribution is 2.19. The molecule has 3 aromatic rings. The fourth-order valence-corrected chi connectivity index (χ4v) is 2.61. The number of halogens is 1. The van der Waals surface area contributed by atoms with E-state index < -0.39 is 0 Å². The van der Waals surface area contributed by atoms with E-state index >= 15 is 0 Å². The second kappa shape index (κ2) is 5.63. The lowest BCUT2D eigenvalue weighted by Gasteiger charge is -2.07. The lowest BCUT2D eigenvalue weighted by atomic mass is 10.1. The van der Waals surface area contributed by atoms with Gasteiger partial charge in [0.25, 0.3) is 0 Å². The minimum Gasteiger partial charge on any atom is -0.311 e. The van der Waals surface area contributed by atoms with Crippen LogP contribution in [-0.4, -0.2) is 14.5 Å². The Morgan fingerprint density at radius 3 is 2.70 bits per heavy atom. The van der Waals surface area contributed by atoms with Gasteiger partial charge in [-0.05, 0) is 30.5 Å². The molecule has 0 N–H and O–H groups in total. The number of hydrogen-bond donors (Lipinski definition) is 0. The quantitative estimate of drug-likeness (QED) is 0.684. The van der Waals surface area contributed by atoms with Gasteiger partial charge in [-0.3, -0.25) is 0 Å². The van der Waals surface area contributed by atoms with E-state index in [1.54, 1.807) is 0 Å². The highest BCUT2D eigenvalue weighted by molar-refractivity contribution is 6.16. The number of nitrogens with zero attached hydrogens (tertiary/aromatic N) is 3. The summed E-state index contributed by atoms with van der Waals surface area (Å²) in [6.45, 7) is 2.90. The van der Waals surface area contributed by atoms with E-state index in [4.69, 9.17) is 11.6 Å².